The van der Waals surface area contributed by atoms with E-state index in [1.165, 1.54) is 4.31 Å². The summed E-state index contributed by atoms with van der Waals surface area (Å²) in [6, 6.07) is 21.1. The van der Waals surface area contributed by atoms with E-state index in [1.807, 2.05) is 30.3 Å². The first-order valence-electron chi connectivity index (χ1n) is 11.9. The molecule has 1 heterocycles. The molecular formula is C27H27Cl2N3O4S. The molecule has 194 valence electrons. The van der Waals surface area contributed by atoms with Crippen LogP contribution in [0.2, 0.25) is 10.0 Å². The smallest absolute Gasteiger partial charge is 0.253 e. The highest BCUT2D eigenvalue weighted by Crippen LogP contribution is 2.29. The average Bonchev–Trinajstić information content (AvgIpc) is 2.90. The number of halogens is 2. The van der Waals surface area contributed by atoms with Crippen LogP contribution in [0.25, 0.3) is 0 Å². The number of para-hydroxylation sites is 1. The SMILES string of the molecule is O=C(NCc1ccccc1)c1ccccc1NC(=O)[C@@H]1CCCN(S(=O)(=O)Cc2c(Cl)cccc2Cl)C1. The number of anilines is 1. The van der Waals surface area contributed by atoms with E-state index < -0.39 is 15.9 Å². The van der Waals surface area contributed by atoms with Crippen LogP contribution in [0.5, 0.6) is 0 Å². The molecule has 3 aromatic rings. The average molecular weight is 561 g/mol. The van der Waals surface area contributed by atoms with Crippen molar-refractivity contribution in [2.45, 2.75) is 25.1 Å². The molecule has 0 radical (unpaired) electrons. The van der Waals surface area contributed by atoms with E-state index in [9.17, 15) is 18.0 Å². The molecule has 0 bridgehead atoms. The van der Waals surface area contributed by atoms with Crippen LogP contribution in [0.1, 0.15) is 34.3 Å². The third-order valence-electron chi connectivity index (χ3n) is 6.26. The molecule has 4 rings (SSSR count). The number of nitrogens with one attached hydrogen (secondary N) is 2. The number of amides is 2. The van der Waals surface area contributed by atoms with Crippen molar-refractivity contribution in [3.05, 3.63) is 99.5 Å². The first kappa shape index (κ1) is 27.1. The Labute approximate surface area is 226 Å². The van der Waals surface area contributed by atoms with Crippen molar-refractivity contribution in [3.63, 3.8) is 0 Å². The van der Waals surface area contributed by atoms with Gasteiger partial charge >= 0.3 is 0 Å². The fraction of sp³-hybridized carbons (Fsp3) is 0.259. The molecule has 0 aromatic heterocycles. The van der Waals surface area contributed by atoms with Crippen LogP contribution < -0.4 is 10.6 Å². The number of rotatable bonds is 8. The Hall–Kier alpha value is -2.91. The molecule has 0 saturated carbocycles. The molecule has 1 saturated heterocycles. The highest BCUT2D eigenvalue weighted by molar-refractivity contribution is 7.88. The monoisotopic (exact) mass is 559 g/mol. The maximum atomic E-state index is 13.2. The van der Waals surface area contributed by atoms with Gasteiger partial charge in [0.05, 0.1) is 22.9 Å². The summed E-state index contributed by atoms with van der Waals surface area (Å²) in [6.07, 6.45) is 1.07. The molecule has 1 aliphatic rings. The van der Waals surface area contributed by atoms with Gasteiger partial charge in [-0.2, -0.15) is 0 Å². The Morgan fingerprint density at radius 2 is 1.59 bits per heavy atom. The molecular weight excluding hydrogens is 533 g/mol. The van der Waals surface area contributed by atoms with Crippen LogP contribution in [0.15, 0.2) is 72.8 Å². The minimum Gasteiger partial charge on any atom is -0.348 e. The van der Waals surface area contributed by atoms with E-state index in [0.29, 0.717) is 42.7 Å². The van der Waals surface area contributed by atoms with E-state index in [1.54, 1.807) is 42.5 Å². The van der Waals surface area contributed by atoms with Crippen molar-refractivity contribution >= 4 is 50.7 Å². The Morgan fingerprint density at radius 1 is 0.919 bits per heavy atom. The number of carbonyl (C=O) groups is 2. The van der Waals surface area contributed by atoms with Crippen molar-refractivity contribution in [2.75, 3.05) is 18.4 Å². The molecule has 1 fully saturated rings. The summed E-state index contributed by atoms with van der Waals surface area (Å²) >= 11 is 12.4. The fourth-order valence-corrected chi connectivity index (χ4v) is 6.61. The van der Waals surface area contributed by atoms with Crippen molar-refractivity contribution in [1.29, 1.82) is 0 Å². The zero-order valence-corrected chi connectivity index (χ0v) is 22.3. The number of piperidine rings is 1. The summed E-state index contributed by atoms with van der Waals surface area (Å²) in [7, 11) is -3.76. The molecule has 37 heavy (non-hydrogen) atoms. The Balaban J connectivity index is 1.42. The molecule has 1 atom stereocenters. The summed E-state index contributed by atoms with van der Waals surface area (Å²) < 4.78 is 27.6. The van der Waals surface area contributed by atoms with Gasteiger partial charge in [-0.25, -0.2) is 12.7 Å². The quantitative estimate of drug-likeness (QED) is 0.401. The number of carbonyl (C=O) groups excluding carboxylic acids is 2. The van der Waals surface area contributed by atoms with Gasteiger partial charge in [-0.3, -0.25) is 9.59 Å². The molecule has 3 aromatic carbocycles. The number of benzene rings is 3. The first-order valence-corrected chi connectivity index (χ1v) is 14.2. The van der Waals surface area contributed by atoms with Crippen molar-refractivity contribution < 1.29 is 18.0 Å². The molecule has 2 N–H and O–H groups in total. The Morgan fingerprint density at radius 3 is 2.32 bits per heavy atom. The highest BCUT2D eigenvalue weighted by atomic mass is 35.5. The summed E-state index contributed by atoms with van der Waals surface area (Å²) in [5.41, 5.74) is 2.01. The van der Waals surface area contributed by atoms with E-state index in [2.05, 4.69) is 10.6 Å². The minimum atomic E-state index is -3.76. The van der Waals surface area contributed by atoms with Crippen LogP contribution >= 0.6 is 23.2 Å². The van der Waals surface area contributed by atoms with Gasteiger partial charge in [0.25, 0.3) is 5.91 Å². The molecule has 1 aliphatic heterocycles. The van der Waals surface area contributed by atoms with E-state index in [0.717, 1.165) is 5.56 Å². The molecule has 0 spiro atoms. The lowest BCUT2D eigenvalue weighted by molar-refractivity contribution is -0.120. The van der Waals surface area contributed by atoms with Gasteiger partial charge in [0.2, 0.25) is 15.9 Å². The third-order valence-corrected chi connectivity index (χ3v) is 8.74. The van der Waals surface area contributed by atoms with E-state index >= 15 is 0 Å². The number of hydrogen-bond acceptors (Lipinski definition) is 4. The largest absolute Gasteiger partial charge is 0.348 e. The number of nitrogens with zero attached hydrogens (tertiary/aromatic N) is 1. The van der Waals surface area contributed by atoms with Crippen LogP contribution in [-0.4, -0.2) is 37.6 Å². The van der Waals surface area contributed by atoms with Gasteiger partial charge < -0.3 is 10.6 Å². The minimum absolute atomic E-state index is 0.0403. The van der Waals surface area contributed by atoms with Crippen molar-refractivity contribution in [3.8, 4) is 0 Å². The van der Waals surface area contributed by atoms with Gasteiger partial charge in [0.1, 0.15) is 0 Å². The van der Waals surface area contributed by atoms with Crippen molar-refractivity contribution in [1.82, 2.24) is 9.62 Å². The maximum absolute atomic E-state index is 13.2. The summed E-state index contributed by atoms with van der Waals surface area (Å²) in [5.74, 6) is -1.56. The maximum Gasteiger partial charge on any atom is 0.253 e. The summed E-state index contributed by atoms with van der Waals surface area (Å²) in [4.78, 5) is 26.0. The standard InChI is InChI=1S/C27H27Cl2N3O4S/c28-23-12-6-13-24(29)22(23)18-37(35,36)32-15-7-10-20(17-32)26(33)31-25-14-5-4-11-21(25)27(34)30-16-19-8-2-1-3-9-19/h1-6,8-9,11-14,20H,7,10,15-18H2,(H,30,34)(H,31,33)/t20-/m1/s1. The van der Waals surface area contributed by atoms with Gasteiger partial charge in [-0.05, 0) is 42.7 Å². The van der Waals surface area contributed by atoms with Gasteiger partial charge in [0, 0.05) is 35.2 Å². The Bertz CT molecular complexity index is 1360. The zero-order valence-electron chi connectivity index (χ0n) is 20.0. The van der Waals surface area contributed by atoms with E-state index in [4.69, 9.17) is 23.2 Å². The van der Waals surface area contributed by atoms with Crippen LogP contribution in [0, 0.1) is 5.92 Å². The molecule has 0 aliphatic carbocycles. The second-order valence-electron chi connectivity index (χ2n) is 8.86. The van der Waals surface area contributed by atoms with Gasteiger partial charge in [0.15, 0.2) is 0 Å². The predicted molar refractivity (Wildman–Crippen MR) is 146 cm³/mol. The molecule has 10 heteroatoms. The highest BCUT2D eigenvalue weighted by Gasteiger charge is 2.33. The molecule has 7 nitrogen and oxygen atoms in total. The summed E-state index contributed by atoms with van der Waals surface area (Å²) in [6.45, 7) is 0.706. The fourth-order valence-electron chi connectivity index (χ4n) is 4.25. The van der Waals surface area contributed by atoms with Crippen molar-refractivity contribution in [2.24, 2.45) is 5.92 Å². The predicted octanol–water partition coefficient (Wildman–Crippen LogP) is 5.10. The van der Waals surface area contributed by atoms with Gasteiger partial charge in [-0.1, -0.05) is 71.7 Å². The first-order chi connectivity index (χ1) is 17.7. The topological polar surface area (TPSA) is 95.6 Å². The summed E-state index contributed by atoms with van der Waals surface area (Å²) in [5, 5.41) is 6.27. The molecule has 2 amide bonds. The second-order valence-corrected chi connectivity index (χ2v) is 11.6. The lowest BCUT2D eigenvalue weighted by atomic mass is 9.98. The number of sulfonamides is 1. The second kappa shape index (κ2) is 12.1. The lowest BCUT2D eigenvalue weighted by Gasteiger charge is -2.31. The van der Waals surface area contributed by atoms with Crippen LogP contribution in [-0.2, 0) is 27.1 Å². The van der Waals surface area contributed by atoms with Crippen LogP contribution in [0.4, 0.5) is 5.69 Å². The lowest BCUT2D eigenvalue weighted by Crippen LogP contribution is -2.44. The number of hydrogen-bond donors (Lipinski definition) is 2. The van der Waals surface area contributed by atoms with Gasteiger partial charge in [-0.15, -0.1) is 0 Å². The normalized spacial score (nSPS) is 16.2. The third kappa shape index (κ3) is 6.90. The Kier molecular flexibility index (Phi) is 8.87. The molecule has 0 unspecified atom stereocenters. The zero-order chi connectivity index (χ0) is 26.4. The van der Waals surface area contributed by atoms with Crippen LogP contribution in [0.3, 0.4) is 0 Å². The van der Waals surface area contributed by atoms with E-state index in [-0.39, 0.29) is 34.2 Å².